The molecule has 1 spiro atoms. The van der Waals surface area contributed by atoms with Gasteiger partial charge >= 0.3 is 5.97 Å². The molecule has 0 aromatic heterocycles. The van der Waals surface area contributed by atoms with E-state index >= 15 is 0 Å². The Morgan fingerprint density at radius 2 is 1.89 bits per heavy atom. The van der Waals surface area contributed by atoms with Gasteiger partial charge in [0.15, 0.2) is 0 Å². The highest BCUT2D eigenvalue weighted by molar-refractivity contribution is 8.77. The smallest absolute Gasteiger partial charge is 0.302 e. The number of esters is 1. The monoisotopic (exact) mass is 512 g/mol. The van der Waals surface area contributed by atoms with Gasteiger partial charge < -0.3 is 9.84 Å². The summed E-state index contributed by atoms with van der Waals surface area (Å²) in [5, 5.41) is 13.6. The minimum Gasteiger partial charge on any atom is -0.462 e. The number of benzene rings is 1. The molecule has 0 radical (unpaired) electrons. The van der Waals surface area contributed by atoms with E-state index in [4.69, 9.17) is 4.74 Å². The zero-order chi connectivity index (χ0) is 24.6. The number of hydrogen-bond donors (Lipinski definition) is 1. The molecular weight excluding hydrogens is 472 g/mol. The lowest BCUT2D eigenvalue weighted by molar-refractivity contribution is -0.169. The molecule has 3 nitrogen and oxygen atoms in total. The summed E-state index contributed by atoms with van der Waals surface area (Å²) in [6.45, 7) is 8.71. The molecule has 0 bridgehead atoms. The molecule has 4 aliphatic carbocycles. The number of aliphatic hydroxyl groups is 1. The molecule has 4 fully saturated rings. The van der Waals surface area contributed by atoms with Crippen molar-refractivity contribution in [2.45, 2.75) is 101 Å². The molecule has 35 heavy (non-hydrogen) atoms. The maximum absolute atomic E-state index is 13.0. The normalized spacial score (nSPS) is 48.6. The lowest BCUT2D eigenvalue weighted by Gasteiger charge is -2.60. The Kier molecular flexibility index (Phi) is 5.79. The third kappa shape index (κ3) is 3.19. The molecule has 1 aromatic rings. The highest BCUT2D eigenvalue weighted by atomic mass is 33.1. The quantitative estimate of drug-likeness (QED) is 0.256. The van der Waals surface area contributed by atoms with Crippen LogP contribution in [0.1, 0.15) is 84.6 Å². The lowest BCUT2D eigenvalue weighted by Crippen LogP contribution is -2.58. The van der Waals surface area contributed by atoms with E-state index in [2.05, 4.69) is 57.2 Å². The molecule has 4 unspecified atom stereocenters. The summed E-state index contributed by atoms with van der Waals surface area (Å²) in [6, 6.07) is 10.6. The number of carbonyl (C=O) groups is 1. The van der Waals surface area contributed by atoms with Crippen molar-refractivity contribution in [3.05, 3.63) is 47.5 Å². The lowest BCUT2D eigenvalue weighted by atomic mass is 9.46. The molecular formula is C30H40O3S2. The Hall–Kier alpha value is -0.910. The van der Waals surface area contributed by atoms with Crippen LogP contribution in [0.25, 0.3) is 0 Å². The van der Waals surface area contributed by atoms with Gasteiger partial charge in [-0.2, -0.15) is 0 Å². The van der Waals surface area contributed by atoms with E-state index < -0.39 is 5.60 Å². The first-order chi connectivity index (χ1) is 16.7. The van der Waals surface area contributed by atoms with Crippen molar-refractivity contribution in [1.29, 1.82) is 0 Å². The van der Waals surface area contributed by atoms with Crippen molar-refractivity contribution in [1.82, 2.24) is 0 Å². The maximum Gasteiger partial charge on any atom is 0.302 e. The van der Waals surface area contributed by atoms with Gasteiger partial charge in [0.25, 0.3) is 0 Å². The molecule has 1 N–H and O–H groups in total. The first-order valence-corrected chi connectivity index (χ1v) is 15.9. The van der Waals surface area contributed by atoms with E-state index in [9.17, 15) is 9.90 Å². The zero-order valence-corrected chi connectivity index (χ0v) is 23.2. The van der Waals surface area contributed by atoms with Crippen LogP contribution in [-0.2, 0) is 15.1 Å². The SMILES string of the molecule is CC(=O)OC1CCCC2=CC[C@H]3[C@@H]4CC5(CC(C)SS5)C(O)(c5ccccc5)[C@@]4(C)CC[C@@H]3[C@]21C. The van der Waals surface area contributed by atoms with Crippen molar-refractivity contribution < 1.29 is 14.6 Å². The van der Waals surface area contributed by atoms with Crippen LogP contribution < -0.4 is 0 Å². The van der Waals surface area contributed by atoms with Crippen LogP contribution in [0.15, 0.2) is 42.0 Å². The number of ether oxygens (including phenoxy) is 1. The molecule has 1 heterocycles. The minimum atomic E-state index is -0.841. The van der Waals surface area contributed by atoms with Crippen LogP contribution >= 0.6 is 21.6 Å². The summed E-state index contributed by atoms with van der Waals surface area (Å²) in [7, 11) is 3.95. The molecule has 5 aliphatic rings. The van der Waals surface area contributed by atoms with Gasteiger partial charge in [0.1, 0.15) is 11.7 Å². The molecule has 0 amide bonds. The van der Waals surface area contributed by atoms with E-state index in [1.807, 2.05) is 21.6 Å². The van der Waals surface area contributed by atoms with Gasteiger partial charge in [-0.1, -0.05) is 84.3 Å². The highest BCUT2D eigenvalue weighted by Crippen LogP contribution is 2.77. The number of fused-ring (bicyclic) bond motifs is 5. The van der Waals surface area contributed by atoms with E-state index in [0.29, 0.717) is 23.0 Å². The van der Waals surface area contributed by atoms with Crippen LogP contribution in [0, 0.1) is 28.6 Å². The van der Waals surface area contributed by atoms with Gasteiger partial charge in [-0.15, -0.1) is 0 Å². The topological polar surface area (TPSA) is 46.5 Å². The molecule has 9 atom stereocenters. The fraction of sp³-hybridized carbons (Fsp3) is 0.700. The first kappa shape index (κ1) is 24.4. The average molecular weight is 513 g/mol. The molecule has 190 valence electrons. The second-order valence-corrected chi connectivity index (χ2v) is 15.6. The van der Waals surface area contributed by atoms with E-state index in [0.717, 1.165) is 56.9 Å². The van der Waals surface area contributed by atoms with Crippen molar-refractivity contribution in [2.75, 3.05) is 0 Å². The fourth-order valence-electron chi connectivity index (χ4n) is 9.55. The Morgan fingerprint density at radius 3 is 2.57 bits per heavy atom. The average Bonchev–Trinajstić information content (AvgIpc) is 3.31. The zero-order valence-electron chi connectivity index (χ0n) is 21.6. The van der Waals surface area contributed by atoms with E-state index in [1.165, 1.54) is 5.57 Å². The van der Waals surface area contributed by atoms with Gasteiger partial charge in [0.05, 0.1) is 4.75 Å². The molecule has 1 aromatic carbocycles. The fourth-order valence-corrected chi connectivity index (χ4v) is 13.4. The Labute approximate surface area is 218 Å². The Bertz CT molecular complexity index is 1040. The second kappa shape index (κ2) is 8.30. The third-order valence-electron chi connectivity index (χ3n) is 11.0. The summed E-state index contributed by atoms with van der Waals surface area (Å²) >= 11 is 0. The molecule has 6 rings (SSSR count). The van der Waals surface area contributed by atoms with Crippen LogP contribution in [0.4, 0.5) is 0 Å². The highest BCUT2D eigenvalue weighted by Gasteiger charge is 2.74. The number of carbonyl (C=O) groups excluding carboxylic acids is 1. The number of hydrogen-bond acceptors (Lipinski definition) is 5. The summed E-state index contributed by atoms with van der Waals surface area (Å²) in [5.41, 5.74) is 1.57. The molecule has 3 saturated carbocycles. The van der Waals surface area contributed by atoms with Crippen molar-refractivity contribution in [3.63, 3.8) is 0 Å². The Morgan fingerprint density at radius 1 is 1.11 bits per heavy atom. The third-order valence-corrected chi connectivity index (χ3v) is 14.8. The van der Waals surface area contributed by atoms with Gasteiger partial charge in [-0.3, -0.25) is 4.79 Å². The summed E-state index contributed by atoms with van der Waals surface area (Å²) < 4.78 is 5.88. The van der Waals surface area contributed by atoms with Crippen LogP contribution in [0.3, 0.4) is 0 Å². The van der Waals surface area contributed by atoms with Crippen LogP contribution in [0.2, 0.25) is 0 Å². The largest absolute Gasteiger partial charge is 0.462 e. The van der Waals surface area contributed by atoms with E-state index in [1.54, 1.807) is 6.92 Å². The predicted octanol–water partition coefficient (Wildman–Crippen LogP) is 7.29. The summed E-state index contributed by atoms with van der Waals surface area (Å²) in [5.74, 6) is 1.35. The standard InChI is InChI=1S/C30H40O3S2/c1-19-17-29(35-34-19)18-25-23-14-13-21-11-8-12-26(33-20(2)31)28(21,4)24(23)15-16-27(25,3)30(29,32)22-9-6-5-7-10-22/h5-7,9-10,13,19,23-26,32H,8,11-12,14-18H2,1-4H3/t19?,23-,24+,25+,26?,27+,28+,29?,30?/m1/s1. The Balaban J connectivity index is 1.45. The second-order valence-electron chi connectivity index (χ2n) is 12.5. The molecule has 1 saturated heterocycles. The first-order valence-electron chi connectivity index (χ1n) is 13.6. The van der Waals surface area contributed by atoms with Gasteiger partial charge in [-0.05, 0) is 74.7 Å². The maximum atomic E-state index is 13.0. The van der Waals surface area contributed by atoms with Crippen molar-refractivity contribution in [2.24, 2.45) is 28.6 Å². The minimum absolute atomic E-state index is 0.0167. The molecule has 5 heteroatoms. The van der Waals surface area contributed by atoms with E-state index in [-0.39, 0.29) is 27.7 Å². The number of allylic oxidation sites excluding steroid dienone is 1. The van der Waals surface area contributed by atoms with Crippen LogP contribution in [-0.4, -0.2) is 27.2 Å². The summed E-state index contributed by atoms with van der Waals surface area (Å²) in [6.07, 6.45) is 11.1. The molecule has 1 aliphatic heterocycles. The summed E-state index contributed by atoms with van der Waals surface area (Å²) in [4.78, 5) is 12.1. The van der Waals surface area contributed by atoms with Gasteiger partial charge in [0.2, 0.25) is 0 Å². The van der Waals surface area contributed by atoms with Crippen LogP contribution in [0.5, 0.6) is 0 Å². The van der Waals surface area contributed by atoms with Crippen molar-refractivity contribution >= 4 is 27.6 Å². The van der Waals surface area contributed by atoms with Crippen molar-refractivity contribution in [3.8, 4) is 0 Å². The van der Waals surface area contributed by atoms with Gasteiger partial charge in [0, 0.05) is 23.0 Å². The van der Waals surface area contributed by atoms with Gasteiger partial charge in [-0.25, -0.2) is 0 Å². The predicted molar refractivity (Wildman–Crippen MR) is 145 cm³/mol. The number of rotatable bonds is 2.